The zero-order valence-electron chi connectivity index (χ0n) is 11.9. The summed E-state index contributed by atoms with van der Waals surface area (Å²) in [5, 5.41) is 7.18. The Bertz CT molecular complexity index is 566. The molecule has 1 aliphatic carbocycles. The number of amides is 1. The number of halogens is 1. The number of nitrogens with one attached hydrogen (secondary N) is 1. The van der Waals surface area contributed by atoms with E-state index in [0.29, 0.717) is 22.6 Å². The lowest BCUT2D eigenvalue weighted by molar-refractivity contribution is -0.129. The lowest BCUT2D eigenvalue weighted by atomic mass is 10.3. The first-order chi connectivity index (χ1) is 9.40. The molecular formula is C13H19BrN4O2. The summed E-state index contributed by atoms with van der Waals surface area (Å²) < 4.78 is 1.90. The van der Waals surface area contributed by atoms with Gasteiger partial charge in [-0.2, -0.15) is 5.10 Å². The molecule has 1 amide bonds. The fourth-order valence-corrected chi connectivity index (χ4v) is 2.34. The first kappa shape index (κ1) is 15.0. The van der Waals surface area contributed by atoms with Gasteiger partial charge in [0.25, 0.3) is 5.56 Å². The molecule has 1 aliphatic rings. The molecule has 7 heteroatoms. The Labute approximate surface area is 126 Å². The van der Waals surface area contributed by atoms with Crippen LogP contribution in [0.25, 0.3) is 0 Å². The van der Waals surface area contributed by atoms with Gasteiger partial charge in [0.1, 0.15) is 10.5 Å². The molecule has 2 rings (SSSR count). The molecule has 110 valence electrons. The standard InChI is InChI=1S/C13H19BrN4O2/c1-8(12(19)17(2)3)16-10-6-15-18(7-9-4-5-9)13(20)11(10)14/h6,8-9,16H,4-5,7H2,1-3H3. The molecule has 0 radical (unpaired) electrons. The predicted molar refractivity (Wildman–Crippen MR) is 80.7 cm³/mol. The monoisotopic (exact) mass is 342 g/mol. The van der Waals surface area contributed by atoms with E-state index in [0.717, 1.165) is 0 Å². The van der Waals surface area contributed by atoms with Crippen LogP contribution >= 0.6 is 15.9 Å². The van der Waals surface area contributed by atoms with Gasteiger partial charge in [-0.15, -0.1) is 0 Å². The molecule has 6 nitrogen and oxygen atoms in total. The van der Waals surface area contributed by atoms with Crippen molar-refractivity contribution in [3.63, 3.8) is 0 Å². The minimum Gasteiger partial charge on any atom is -0.372 e. The molecule has 1 heterocycles. The molecular weight excluding hydrogens is 324 g/mol. The minimum atomic E-state index is -0.415. The van der Waals surface area contributed by atoms with Gasteiger partial charge >= 0.3 is 0 Å². The quantitative estimate of drug-likeness (QED) is 0.875. The first-order valence-corrected chi connectivity index (χ1v) is 7.42. The summed E-state index contributed by atoms with van der Waals surface area (Å²) in [6, 6.07) is -0.415. The van der Waals surface area contributed by atoms with E-state index < -0.39 is 6.04 Å². The van der Waals surface area contributed by atoms with Gasteiger partial charge in [0.15, 0.2) is 0 Å². The number of anilines is 1. The number of carbonyl (C=O) groups excluding carboxylic acids is 1. The van der Waals surface area contributed by atoms with Crippen LogP contribution in [-0.2, 0) is 11.3 Å². The van der Waals surface area contributed by atoms with Crippen LogP contribution in [0.4, 0.5) is 5.69 Å². The molecule has 0 aliphatic heterocycles. The molecule has 1 aromatic heterocycles. The van der Waals surface area contributed by atoms with Crippen molar-refractivity contribution in [1.82, 2.24) is 14.7 Å². The topological polar surface area (TPSA) is 67.2 Å². The summed E-state index contributed by atoms with van der Waals surface area (Å²) in [4.78, 5) is 25.5. The maximum absolute atomic E-state index is 12.2. The second-order valence-electron chi connectivity index (χ2n) is 5.40. The fourth-order valence-electron chi connectivity index (χ4n) is 1.92. The van der Waals surface area contributed by atoms with Gasteiger partial charge in [-0.3, -0.25) is 9.59 Å². The highest BCUT2D eigenvalue weighted by Crippen LogP contribution is 2.30. The second-order valence-corrected chi connectivity index (χ2v) is 6.19. The Kier molecular flexibility index (Phi) is 4.47. The molecule has 1 N–H and O–H groups in total. The van der Waals surface area contributed by atoms with E-state index in [9.17, 15) is 9.59 Å². The lowest BCUT2D eigenvalue weighted by Gasteiger charge is -2.19. The van der Waals surface area contributed by atoms with E-state index in [1.165, 1.54) is 22.4 Å². The Morgan fingerprint density at radius 2 is 2.25 bits per heavy atom. The normalized spacial score (nSPS) is 15.8. The molecule has 1 aromatic rings. The van der Waals surface area contributed by atoms with Crippen LogP contribution in [0.3, 0.4) is 0 Å². The third-order valence-electron chi connectivity index (χ3n) is 3.30. The fraction of sp³-hybridized carbons (Fsp3) is 0.615. The SMILES string of the molecule is CC(Nc1cnn(CC2CC2)c(=O)c1Br)C(=O)N(C)C. The molecule has 0 spiro atoms. The number of aromatic nitrogens is 2. The molecule has 1 saturated carbocycles. The van der Waals surface area contributed by atoms with Crippen LogP contribution in [0.1, 0.15) is 19.8 Å². The highest BCUT2D eigenvalue weighted by Gasteiger charge is 2.24. The average molecular weight is 343 g/mol. The van der Waals surface area contributed by atoms with Gasteiger partial charge in [-0.25, -0.2) is 4.68 Å². The summed E-state index contributed by atoms with van der Waals surface area (Å²) in [5.41, 5.74) is 0.385. The molecule has 0 saturated heterocycles. The lowest BCUT2D eigenvalue weighted by Crippen LogP contribution is -2.37. The minimum absolute atomic E-state index is 0.0564. The summed E-state index contributed by atoms with van der Waals surface area (Å²) >= 11 is 3.30. The van der Waals surface area contributed by atoms with Crippen LogP contribution in [-0.4, -0.2) is 40.7 Å². The maximum Gasteiger partial charge on any atom is 0.283 e. The summed E-state index contributed by atoms with van der Waals surface area (Å²) in [6.45, 7) is 2.42. The zero-order chi connectivity index (χ0) is 14.9. The van der Waals surface area contributed by atoms with Crippen molar-refractivity contribution in [2.24, 2.45) is 5.92 Å². The Morgan fingerprint density at radius 3 is 2.80 bits per heavy atom. The van der Waals surface area contributed by atoms with Gasteiger partial charge in [0.2, 0.25) is 5.91 Å². The Hall–Kier alpha value is -1.37. The van der Waals surface area contributed by atoms with Crippen molar-refractivity contribution in [2.45, 2.75) is 32.4 Å². The number of hydrogen-bond acceptors (Lipinski definition) is 4. The van der Waals surface area contributed by atoms with Crippen molar-refractivity contribution in [1.29, 1.82) is 0 Å². The summed E-state index contributed by atoms with van der Waals surface area (Å²) in [6.07, 6.45) is 3.92. The van der Waals surface area contributed by atoms with Gasteiger partial charge in [-0.05, 0) is 41.6 Å². The molecule has 0 bridgehead atoms. The van der Waals surface area contributed by atoms with Gasteiger partial charge in [-0.1, -0.05) is 0 Å². The summed E-state index contributed by atoms with van der Waals surface area (Å²) in [7, 11) is 3.39. The number of hydrogen-bond donors (Lipinski definition) is 1. The van der Waals surface area contributed by atoms with Crippen LogP contribution in [0.2, 0.25) is 0 Å². The number of carbonyl (C=O) groups is 1. The van der Waals surface area contributed by atoms with E-state index >= 15 is 0 Å². The molecule has 0 aromatic carbocycles. The van der Waals surface area contributed by atoms with Crippen molar-refractivity contribution in [2.75, 3.05) is 19.4 Å². The Morgan fingerprint density at radius 1 is 1.60 bits per heavy atom. The van der Waals surface area contributed by atoms with Crippen molar-refractivity contribution in [3.8, 4) is 0 Å². The van der Waals surface area contributed by atoms with Crippen LogP contribution in [0.5, 0.6) is 0 Å². The summed E-state index contributed by atoms with van der Waals surface area (Å²) in [5.74, 6) is 0.527. The van der Waals surface area contributed by atoms with Crippen molar-refractivity contribution in [3.05, 3.63) is 21.0 Å². The van der Waals surface area contributed by atoms with Gasteiger partial charge < -0.3 is 10.2 Å². The van der Waals surface area contributed by atoms with E-state index in [2.05, 4.69) is 26.3 Å². The number of rotatable bonds is 5. The molecule has 1 unspecified atom stereocenters. The number of nitrogens with zero attached hydrogens (tertiary/aromatic N) is 3. The van der Waals surface area contributed by atoms with E-state index in [-0.39, 0.29) is 11.5 Å². The average Bonchev–Trinajstić information content (AvgIpc) is 3.21. The molecule has 1 atom stereocenters. The number of likely N-dealkylation sites (N-methyl/N-ethyl adjacent to an activating group) is 1. The van der Waals surface area contributed by atoms with Crippen molar-refractivity contribution >= 4 is 27.5 Å². The third-order valence-corrected chi connectivity index (χ3v) is 4.06. The smallest absolute Gasteiger partial charge is 0.283 e. The largest absolute Gasteiger partial charge is 0.372 e. The highest BCUT2D eigenvalue weighted by atomic mass is 79.9. The van der Waals surface area contributed by atoms with E-state index in [4.69, 9.17) is 0 Å². The van der Waals surface area contributed by atoms with E-state index in [1.807, 2.05) is 0 Å². The second kappa shape index (κ2) is 5.95. The van der Waals surface area contributed by atoms with Crippen LogP contribution in [0, 0.1) is 5.92 Å². The van der Waals surface area contributed by atoms with E-state index in [1.54, 1.807) is 27.2 Å². The highest BCUT2D eigenvalue weighted by molar-refractivity contribution is 9.10. The Balaban J connectivity index is 2.14. The van der Waals surface area contributed by atoms with Gasteiger partial charge in [0, 0.05) is 20.6 Å². The van der Waals surface area contributed by atoms with Crippen LogP contribution < -0.4 is 10.9 Å². The van der Waals surface area contributed by atoms with Crippen LogP contribution in [0.15, 0.2) is 15.5 Å². The first-order valence-electron chi connectivity index (χ1n) is 6.63. The predicted octanol–water partition coefficient (Wildman–Crippen LogP) is 1.30. The van der Waals surface area contributed by atoms with Crippen molar-refractivity contribution < 1.29 is 4.79 Å². The molecule has 1 fully saturated rings. The maximum atomic E-state index is 12.2. The van der Waals surface area contributed by atoms with Gasteiger partial charge in [0.05, 0.1) is 11.9 Å². The zero-order valence-corrected chi connectivity index (χ0v) is 13.5. The molecule has 20 heavy (non-hydrogen) atoms. The third kappa shape index (κ3) is 3.39.